The SMILES string of the molecule is CNCc1ccc(Oc2ccccc2)c(F)c1. The zero-order valence-corrected chi connectivity index (χ0v) is 9.61. The van der Waals surface area contributed by atoms with E-state index in [4.69, 9.17) is 4.74 Å². The summed E-state index contributed by atoms with van der Waals surface area (Å²) in [7, 11) is 1.83. The third-order valence-electron chi connectivity index (χ3n) is 2.35. The number of ether oxygens (including phenoxy) is 1. The third kappa shape index (κ3) is 3.04. The summed E-state index contributed by atoms with van der Waals surface area (Å²) in [6.07, 6.45) is 0. The van der Waals surface area contributed by atoms with Gasteiger partial charge in [-0.15, -0.1) is 0 Å². The number of hydrogen-bond acceptors (Lipinski definition) is 2. The fraction of sp³-hybridized carbons (Fsp3) is 0.143. The minimum Gasteiger partial charge on any atom is -0.454 e. The van der Waals surface area contributed by atoms with Crippen molar-refractivity contribution in [2.24, 2.45) is 0 Å². The second-order valence-corrected chi connectivity index (χ2v) is 3.71. The normalized spacial score (nSPS) is 10.2. The fourth-order valence-electron chi connectivity index (χ4n) is 1.56. The van der Waals surface area contributed by atoms with Crippen molar-refractivity contribution < 1.29 is 9.13 Å². The van der Waals surface area contributed by atoms with Crippen LogP contribution in [0, 0.1) is 5.82 Å². The van der Waals surface area contributed by atoms with E-state index in [1.165, 1.54) is 6.07 Å². The van der Waals surface area contributed by atoms with Crippen molar-refractivity contribution >= 4 is 0 Å². The van der Waals surface area contributed by atoms with Gasteiger partial charge in [-0.1, -0.05) is 24.3 Å². The molecule has 2 nitrogen and oxygen atoms in total. The molecule has 0 aliphatic carbocycles. The van der Waals surface area contributed by atoms with Gasteiger partial charge in [-0.05, 0) is 36.9 Å². The van der Waals surface area contributed by atoms with E-state index in [-0.39, 0.29) is 11.6 Å². The second-order valence-electron chi connectivity index (χ2n) is 3.71. The zero-order valence-electron chi connectivity index (χ0n) is 9.61. The molecule has 0 heterocycles. The monoisotopic (exact) mass is 231 g/mol. The molecule has 0 radical (unpaired) electrons. The predicted octanol–water partition coefficient (Wildman–Crippen LogP) is 3.34. The average Bonchev–Trinajstić information content (AvgIpc) is 2.34. The Hall–Kier alpha value is -1.87. The Bertz CT molecular complexity index is 485. The molecule has 0 aromatic heterocycles. The van der Waals surface area contributed by atoms with Crippen molar-refractivity contribution in [2.75, 3.05) is 7.05 Å². The first-order chi connectivity index (χ1) is 8.29. The number of hydrogen-bond donors (Lipinski definition) is 1. The summed E-state index contributed by atoms with van der Waals surface area (Å²) >= 11 is 0. The van der Waals surface area contributed by atoms with Crippen LogP contribution < -0.4 is 10.1 Å². The van der Waals surface area contributed by atoms with Crippen LogP contribution in [-0.4, -0.2) is 7.05 Å². The topological polar surface area (TPSA) is 21.3 Å². The molecule has 3 heteroatoms. The molecule has 0 aliphatic rings. The minimum atomic E-state index is -0.346. The molecule has 0 spiro atoms. The van der Waals surface area contributed by atoms with Gasteiger partial charge in [-0.3, -0.25) is 0 Å². The van der Waals surface area contributed by atoms with E-state index in [1.54, 1.807) is 18.2 Å². The largest absolute Gasteiger partial charge is 0.454 e. The third-order valence-corrected chi connectivity index (χ3v) is 2.35. The molecule has 0 atom stereocenters. The fourth-order valence-corrected chi connectivity index (χ4v) is 1.56. The Morgan fingerprint density at radius 3 is 2.53 bits per heavy atom. The quantitative estimate of drug-likeness (QED) is 0.871. The summed E-state index contributed by atoms with van der Waals surface area (Å²) in [6.45, 7) is 0.641. The summed E-state index contributed by atoms with van der Waals surface area (Å²) in [5.74, 6) is 0.533. The van der Waals surface area contributed by atoms with Crippen LogP contribution in [-0.2, 0) is 6.54 Å². The number of para-hydroxylation sites is 1. The number of rotatable bonds is 4. The van der Waals surface area contributed by atoms with Gasteiger partial charge in [0, 0.05) is 6.54 Å². The van der Waals surface area contributed by atoms with E-state index in [2.05, 4.69) is 5.32 Å². The molecule has 88 valence electrons. The van der Waals surface area contributed by atoms with Gasteiger partial charge in [0.2, 0.25) is 0 Å². The second kappa shape index (κ2) is 5.46. The van der Waals surface area contributed by atoms with Crippen LogP contribution >= 0.6 is 0 Å². The summed E-state index contributed by atoms with van der Waals surface area (Å²) in [4.78, 5) is 0. The molecule has 2 aromatic rings. The summed E-state index contributed by atoms with van der Waals surface area (Å²) < 4.78 is 19.2. The first kappa shape index (κ1) is 11.6. The van der Waals surface area contributed by atoms with Gasteiger partial charge >= 0.3 is 0 Å². The summed E-state index contributed by atoms with van der Waals surface area (Å²) in [5.41, 5.74) is 0.894. The lowest BCUT2D eigenvalue weighted by Gasteiger charge is -2.08. The molecular formula is C14H14FNO. The van der Waals surface area contributed by atoms with Crippen molar-refractivity contribution in [3.63, 3.8) is 0 Å². The van der Waals surface area contributed by atoms with Crippen molar-refractivity contribution in [1.82, 2.24) is 5.32 Å². The van der Waals surface area contributed by atoms with Gasteiger partial charge in [0.05, 0.1) is 0 Å². The highest BCUT2D eigenvalue weighted by Crippen LogP contribution is 2.24. The Labute approximate surface area is 100 Å². The smallest absolute Gasteiger partial charge is 0.166 e. The van der Waals surface area contributed by atoms with E-state index < -0.39 is 0 Å². The van der Waals surface area contributed by atoms with Crippen molar-refractivity contribution in [3.05, 3.63) is 59.9 Å². The summed E-state index contributed by atoms with van der Waals surface area (Å²) in [6, 6.07) is 14.1. The van der Waals surface area contributed by atoms with Crippen LogP contribution in [0.5, 0.6) is 11.5 Å². The molecule has 0 aliphatic heterocycles. The van der Waals surface area contributed by atoms with Gasteiger partial charge in [-0.2, -0.15) is 0 Å². The van der Waals surface area contributed by atoms with Crippen LogP contribution in [0.2, 0.25) is 0 Å². The molecule has 17 heavy (non-hydrogen) atoms. The van der Waals surface area contributed by atoms with Crippen molar-refractivity contribution in [1.29, 1.82) is 0 Å². The van der Waals surface area contributed by atoms with E-state index in [9.17, 15) is 4.39 Å². The van der Waals surface area contributed by atoms with Gasteiger partial charge < -0.3 is 10.1 Å². The molecule has 0 fully saturated rings. The Morgan fingerprint density at radius 2 is 1.88 bits per heavy atom. The zero-order chi connectivity index (χ0) is 12.1. The van der Waals surface area contributed by atoms with E-state index >= 15 is 0 Å². The number of benzene rings is 2. The van der Waals surface area contributed by atoms with Gasteiger partial charge in [0.1, 0.15) is 5.75 Å². The van der Waals surface area contributed by atoms with Gasteiger partial charge in [0.15, 0.2) is 11.6 Å². The molecule has 0 amide bonds. The standard InChI is InChI=1S/C14H14FNO/c1-16-10-11-7-8-14(13(15)9-11)17-12-5-3-2-4-6-12/h2-9,16H,10H2,1H3. The van der Waals surface area contributed by atoms with Crippen LogP contribution in [0.4, 0.5) is 4.39 Å². The molecule has 0 bridgehead atoms. The van der Waals surface area contributed by atoms with E-state index in [1.807, 2.05) is 31.3 Å². The Kier molecular flexibility index (Phi) is 3.73. The Balaban J connectivity index is 2.17. The first-order valence-electron chi connectivity index (χ1n) is 5.45. The first-order valence-corrected chi connectivity index (χ1v) is 5.45. The predicted molar refractivity (Wildman–Crippen MR) is 65.7 cm³/mol. The van der Waals surface area contributed by atoms with E-state index in [0.717, 1.165) is 5.56 Å². The minimum absolute atomic E-state index is 0.246. The van der Waals surface area contributed by atoms with Crippen LogP contribution in [0.3, 0.4) is 0 Å². The maximum absolute atomic E-state index is 13.7. The van der Waals surface area contributed by atoms with E-state index in [0.29, 0.717) is 12.3 Å². The molecular weight excluding hydrogens is 217 g/mol. The molecule has 0 unspecified atom stereocenters. The Morgan fingerprint density at radius 1 is 1.12 bits per heavy atom. The lowest BCUT2D eigenvalue weighted by molar-refractivity contribution is 0.441. The molecule has 0 saturated heterocycles. The molecule has 1 N–H and O–H groups in total. The summed E-state index contributed by atoms with van der Waals surface area (Å²) in [5, 5.41) is 2.97. The van der Waals surface area contributed by atoms with Crippen LogP contribution in [0.15, 0.2) is 48.5 Å². The molecule has 0 saturated carbocycles. The highest BCUT2D eigenvalue weighted by Gasteiger charge is 2.05. The highest BCUT2D eigenvalue weighted by atomic mass is 19.1. The van der Waals surface area contributed by atoms with Gasteiger partial charge in [-0.25, -0.2) is 4.39 Å². The van der Waals surface area contributed by atoms with Crippen LogP contribution in [0.1, 0.15) is 5.56 Å². The number of halogens is 1. The lowest BCUT2D eigenvalue weighted by atomic mass is 10.2. The van der Waals surface area contributed by atoms with Crippen LogP contribution in [0.25, 0.3) is 0 Å². The lowest BCUT2D eigenvalue weighted by Crippen LogP contribution is -2.05. The maximum Gasteiger partial charge on any atom is 0.166 e. The highest BCUT2D eigenvalue weighted by molar-refractivity contribution is 5.34. The number of nitrogens with one attached hydrogen (secondary N) is 1. The average molecular weight is 231 g/mol. The van der Waals surface area contributed by atoms with Gasteiger partial charge in [0.25, 0.3) is 0 Å². The molecule has 2 aromatic carbocycles. The van der Waals surface area contributed by atoms with Crippen molar-refractivity contribution in [3.8, 4) is 11.5 Å². The maximum atomic E-state index is 13.7. The molecule has 2 rings (SSSR count). The van der Waals surface area contributed by atoms with Crippen molar-refractivity contribution in [2.45, 2.75) is 6.54 Å².